The summed E-state index contributed by atoms with van der Waals surface area (Å²) in [5.41, 5.74) is 0.435. The number of rotatable bonds is 2. The van der Waals surface area contributed by atoms with Crippen LogP contribution in [-0.2, 0) is 4.79 Å². The van der Waals surface area contributed by atoms with Crippen molar-refractivity contribution in [2.75, 3.05) is 39.8 Å². The molecule has 1 N–H and O–H groups in total. The highest BCUT2D eigenvalue weighted by atomic mass is 35.5. The summed E-state index contributed by atoms with van der Waals surface area (Å²) < 4.78 is 5.28. The summed E-state index contributed by atoms with van der Waals surface area (Å²) in [6.07, 6.45) is 0.846. The predicted molar refractivity (Wildman–Crippen MR) is 86.9 cm³/mol. The molecule has 3 rings (SSSR count). The molecule has 2 heterocycles. The van der Waals surface area contributed by atoms with Crippen molar-refractivity contribution in [1.29, 1.82) is 0 Å². The number of carbonyl (C=O) groups is 2. The number of hydrogen-bond acceptors (Lipinski definition) is 4. The number of nitrogens with one attached hydrogen (secondary N) is 1. The van der Waals surface area contributed by atoms with Crippen molar-refractivity contribution in [3.05, 3.63) is 28.8 Å². The van der Waals surface area contributed by atoms with E-state index in [1.165, 1.54) is 7.11 Å². The van der Waals surface area contributed by atoms with Gasteiger partial charge in [0, 0.05) is 37.7 Å². The Morgan fingerprint density at radius 2 is 2.17 bits per heavy atom. The van der Waals surface area contributed by atoms with Crippen LogP contribution in [0.5, 0.6) is 5.75 Å². The van der Waals surface area contributed by atoms with E-state index in [4.69, 9.17) is 16.3 Å². The summed E-state index contributed by atoms with van der Waals surface area (Å²) in [6, 6.07) is 4.72. The molecule has 7 heteroatoms. The van der Waals surface area contributed by atoms with Gasteiger partial charge in [-0.1, -0.05) is 11.6 Å². The summed E-state index contributed by atoms with van der Waals surface area (Å²) in [7, 11) is 1.53. The first-order valence-electron chi connectivity index (χ1n) is 7.74. The van der Waals surface area contributed by atoms with Gasteiger partial charge in [0.2, 0.25) is 5.91 Å². The molecule has 6 nitrogen and oxygen atoms in total. The van der Waals surface area contributed by atoms with Crippen molar-refractivity contribution in [2.24, 2.45) is 0 Å². The molecule has 0 aliphatic carbocycles. The van der Waals surface area contributed by atoms with Gasteiger partial charge in [-0.15, -0.1) is 0 Å². The molecule has 0 saturated carbocycles. The Kier molecular flexibility index (Phi) is 4.73. The predicted octanol–water partition coefficient (Wildman–Crippen LogP) is 0.995. The third-order valence-corrected chi connectivity index (χ3v) is 4.62. The van der Waals surface area contributed by atoms with Crippen LogP contribution in [0.25, 0.3) is 0 Å². The minimum atomic E-state index is -0.277. The van der Waals surface area contributed by atoms with Gasteiger partial charge in [-0.2, -0.15) is 0 Å². The molecule has 2 saturated heterocycles. The lowest BCUT2D eigenvalue weighted by Gasteiger charge is -2.34. The molecule has 124 valence electrons. The lowest BCUT2D eigenvalue weighted by Crippen LogP contribution is -2.58. The van der Waals surface area contributed by atoms with Gasteiger partial charge in [0.1, 0.15) is 11.8 Å². The average Bonchev–Trinajstić information content (AvgIpc) is 2.77. The minimum Gasteiger partial charge on any atom is -0.496 e. The molecule has 0 radical (unpaired) electrons. The number of amides is 2. The maximum atomic E-state index is 12.9. The van der Waals surface area contributed by atoms with E-state index < -0.39 is 0 Å². The molecule has 1 unspecified atom stereocenters. The van der Waals surface area contributed by atoms with E-state index in [-0.39, 0.29) is 17.9 Å². The number of fused-ring (bicyclic) bond motifs is 1. The van der Waals surface area contributed by atoms with Crippen LogP contribution in [0.15, 0.2) is 18.2 Å². The molecule has 2 amide bonds. The molecule has 0 bridgehead atoms. The van der Waals surface area contributed by atoms with E-state index in [0.717, 1.165) is 19.5 Å². The number of nitrogens with zero attached hydrogens (tertiary/aromatic N) is 2. The molecular weight excluding hydrogens is 318 g/mol. The van der Waals surface area contributed by atoms with Gasteiger partial charge < -0.3 is 15.0 Å². The van der Waals surface area contributed by atoms with E-state index in [1.807, 2.05) is 0 Å². The smallest absolute Gasteiger partial charge is 0.257 e. The molecule has 0 aromatic heterocycles. The third-order valence-electron chi connectivity index (χ3n) is 4.39. The highest BCUT2D eigenvalue weighted by Crippen LogP contribution is 2.25. The fourth-order valence-corrected chi connectivity index (χ4v) is 3.37. The summed E-state index contributed by atoms with van der Waals surface area (Å²) in [4.78, 5) is 28.9. The lowest BCUT2D eigenvalue weighted by molar-refractivity contribution is -0.128. The van der Waals surface area contributed by atoms with E-state index in [1.54, 1.807) is 23.1 Å². The first-order chi connectivity index (χ1) is 11.1. The van der Waals surface area contributed by atoms with Crippen molar-refractivity contribution in [1.82, 2.24) is 15.1 Å². The summed E-state index contributed by atoms with van der Waals surface area (Å²) in [5.74, 6) is 0.340. The molecule has 1 atom stereocenters. The number of halogens is 1. The molecule has 2 fully saturated rings. The van der Waals surface area contributed by atoms with Gasteiger partial charge in [0.25, 0.3) is 5.91 Å². The zero-order valence-corrected chi connectivity index (χ0v) is 13.8. The van der Waals surface area contributed by atoms with E-state index >= 15 is 0 Å². The average molecular weight is 338 g/mol. The number of piperazine rings is 1. The van der Waals surface area contributed by atoms with Crippen molar-refractivity contribution in [3.8, 4) is 5.75 Å². The second-order valence-electron chi connectivity index (χ2n) is 5.79. The molecule has 2 aliphatic heterocycles. The number of hydrogen-bond donors (Lipinski definition) is 1. The van der Waals surface area contributed by atoms with Crippen molar-refractivity contribution < 1.29 is 14.3 Å². The van der Waals surface area contributed by atoms with Gasteiger partial charge in [0.15, 0.2) is 0 Å². The Morgan fingerprint density at radius 3 is 2.96 bits per heavy atom. The Bertz CT molecular complexity index is 623. The van der Waals surface area contributed by atoms with E-state index in [2.05, 4.69) is 10.2 Å². The molecular formula is C16H20ClN3O3. The molecule has 1 aromatic rings. The second-order valence-corrected chi connectivity index (χ2v) is 6.23. The standard InChI is InChI=1S/C16H20ClN3O3/c1-23-14-4-3-11(17)9-12(14)16(22)20-7-2-6-19-8-5-18-15(21)13(19)10-20/h3-4,9,13H,2,5-8,10H2,1H3,(H,18,21). The maximum absolute atomic E-state index is 12.9. The van der Waals surface area contributed by atoms with Crippen LogP contribution in [-0.4, -0.2) is 67.5 Å². The topological polar surface area (TPSA) is 61.9 Å². The van der Waals surface area contributed by atoms with Gasteiger partial charge in [-0.25, -0.2) is 0 Å². The van der Waals surface area contributed by atoms with Gasteiger partial charge in [-0.3, -0.25) is 14.5 Å². The van der Waals surface area contributed by atoms with Gasteiger partial charge in [0.05, 0.1) is 12.7 Å². The first kappa shape index (κ1) is 16.1. The molecule has 1 aromatic carbocycles. The summed E-state index contributed by atoms with van der Waals surface area (Å²) in [6.45, 7) is 3.34. The highest BCUT2D eigenvalue weighted by molar-refractivity contribution is 6.31. The van der Waals surface area contributed by atoms with Crippen LogP contribution < -0.4 is 10.1 Å². The SMILES string of the molecule is COc1ccc(Cl)cc1C(=O)N1CCCN2CCNC(=O)C2C1. The van der Waals surface area contributed by atoms with Crippen molar-refractivity contribution in [2.45, 2.75) is 12.5 Å². The van der Waals surface area contributed by atoms with Gasteiger partial charge >= 0.3 is 0 Å². The molecule has 2 aliphatic rings. The zero-order chi connectivity index (χ0) is 16.4. The summed E-state index contributed by atoms with van der Waals surface area (Å²) >= 11 is 6.02. The minimum absolute atomic E-state index is 0.00555. The Morgan fingerprint density at radius 1 is 1.35 bits per heavy atom. The fourth-order valence-electron chi connectivity index (χ4n) is 3.20. The normalized spacial score (nSPS) is 22.1. The number of benzene rings is 1. The van der Waals surface area contributed by atoms with E-state index in [0.29, 0.717) is 36.0 Å². The van der Waals surface area contributed by atoms with Crippen LogP contribution in [0.1, 0.15) is 16.8 Å². The Balaban J connectivity index is 1.84. The van der Waals surface area contributed by atoms with Crippen LogP contribution in [0, 0.1) is 0 Å². The van der Waals surface area contributed by atoms with Crippen LogP contribution in [0.2, 0.25) is 5.02 Å². The highest BCUT2D eigenvalue weighted by Gasteiger charge is 2.35. The summed E-state index contributed by atoms with van der Waals surface area (Å²) in [5, 5.41) is 3.36. The zero-order valence-electron chi connectivity index (χ0n) is 13.0. The van der Waals surface area contributed by atoms with Crippen molar-refractivity contribution in [3.63, 3.8) is 0 Å². The monoisotopic (exact) mass is 337 g/mol. The van der Waals surface area contributed by atoms with Gasteiger partial charge in [-0.05, 0) is 24.6 Å². The van der Waals surface area contributed by atoms with Crippen molar-refractivity contribution >= 4 is 23.4 Å². The Labute approximate surface area is 140 Å². The number of carbonyl (C=O) groups excluding carboxylic acids is 2. The van der Waals surface area contributed by atoms with E-state index in [9.17, 15) is 9.59 Å². The van der Waals surface area contributed by atoms with Crippen LogP contribution in [0.4, 0.5) is 0 Å². The quantitative estimate of drug-likeness (QED) is 0.874. The van der Waals surface area contributed by atoms with Crippen LogP contribution in [0.3, 0.4) is 0 Å². The molecule has 0 spiro atoms. The second kappa shape index (κ2) is 6.76. The number of ether oxygens (including phenoxy) is 1. The molecule has 23 heavy (non-hydrogen) atoms. The Hall–Kier alpha value is -1.79. The third kappa shape index (κ3) is 3.28. The fraction of sp³-hybridized carbons (Fsp3) is 0.500. The number of methoxy groups -OCH3 is 1. The first-order valence-corrected chi connectivity index (χ1v) is 8.12. The largest absolute Gasteiger partial charge is 0.496 e. The lowest BCUT2D eigenvalue weighted by atomic mass is 10.1. The van der Waals surface area contributed by atoms with Crippen LogP contribution >= 0.6 is 11.6 Å². The maximum Gasteiger partial charge on any atom is 0.257 e.